The zero-order chi connectivity index (χ0) is 25.4. The smallest absolute Gasteiger partial charge is 0.413 e. The molecule has 0 aromatic heterocycles. The molecular formula is C30H25ClIN2O2+. The summed E-state index contributed by atoms with van der Waals surface area (Å²) in [6.45, 7) is 6.15. The number of rotatable bonds is 4. The number of phenols is 1. The Morgan fingerprint density at radius 3 is 2.39 bits per heavy atom. The van der Waals surface area contributed by atoms with Crippen LogP contribution in [-0.4, -0.2) is 31.0 Å². The van der Waals surface area contributed by atoms with Gasteiger partial charge in [0.05, 0.1) is 6.04 Å². The molecule has 2 atom stereocenters. The predicted octanol–water partition coefficient (Wildman–Crippen LogP) is 7.34. The van der Waals surface area contributed by atoms with E-state index >= 15 is 0 Å². The first kappa shape index (κ1) is 24.7. The zero-order valence-electron chi connectivity index (χ0n) is 19.7. The highest BCUT2D eigenvalue weighted by Crippen LogP contribution is 2.47. The van der Waals surface area contributed by atoms with Crippen molar-refractivity contribution in [2.24, 2.45) is 0 Å². The van der Waals surface area contributed by atoms with Gasteiger partial charge >= 0.3 is 5.91 Å². The molecule has 2 unspecified atom stereocenters. The number of phenolic OH excluding ortho intramolecular Hbond substituents is 1. The number of hydrogen-bond donors (Lipinski definition) is 1. The second kappa shape index (κ2) is 9.81. The highest BCUT2D eigenvalue weighted by Gasteiger charge is 2.53. The minimum absolute atomic E-state index is 0.107. The molecule has 1 heterocycles. The summed E-state index contributed by atoms with van der Waals surface area (Å²) >= 11 is 8.72. The van der Waals surface area contributed by atoms with Crippen LogP contribution < -0.4 is 0 Å². The number of amides is 1. The van der Waals surface area contributed by atoms with Crippen LogP contribution in [0.15, 0.2) is 97.1 Å². The predicted molar refractivity (Wildman–Crippen MR) is 153 cm³/mol. The monoisotopic (exact) mass is 607 g/mol. The second-order valence-corrected chi connectivity index (χ2v) is 10.7. The van der Waals surface area contributed by atoms with Crippen LogP contribution in [0.4, 0.5) is 5.69 Å². The zero-order valence-corrected chi connectivity index (χ0v) is 22.6. The lowest BCUT2D eigenvalue weighted by atomic mass is 9.86. The van der Waals surface area contributed by atoms with Crippen LogP contribution in [0.1, 0.15) is 29.7 Å². The third-order valence-corrected chi connectivity index (χ3v) is 8.68. The molecule has 0 aliphatic carbocycles. The molecule has 1 aliphatic rings. The maximum atomic E-state index is 14.2. The topological polar surface area (TPSA) is 43.5 Å². The van der Waals surface area contributed by atoms with Crippen molar-refractivity contribution in [3.63, 3.8) is 0 Å². The number of benzene rings is 4. The van der Waals surface area contributed by atoms with Gasteiger partial charge in [-0.3, -0.25) is 0 Å². The molecule has 6 heteroatoms. The van der Waals surface area contributed by atoms with Crippen molar-refractivity contribution < 1.29 is 14.5 Å². The Kier molecular flexibility index (Phi) is 6.72. The van der Waals surface area contributed by atoms with Crippen molar-refractivity contribution in [3.05, 3.63) is 119 Å². The van der Waals surface area contributed by atoms with Gasteiger partial charge < -0.3 is 5.11 Å². The summed E-state index contributed by atoms with van der Waals surface area (Å²) < 4.78 is 3.59. The number of hydrogen-bond acceptors (Lipinski definition) is 3. The molecule has 0 spiro atoms. The molecule has 0 radical (unpaired) electrons. The first-order valence-corrected chi connectivity index (χ1v) is 13.0. The minimum Gasteiger partial charge on any atom is -0.508 e. The Morgan fingerprint density at radius 2 is 1.67 bits per heavy atom. The van der Waals surface area contributed by atoms with E-state index in [0.717, 1.165) is 27.8 Å². The Hall–Kier alpha value is -3.00. The van der Waals surface area contributed by atoms with E-state index in [4.69, 9.17) is 11.6 Å². The Labute approximate surface area is 230 Å². The molecule has 1 N–H and O–H groups in total. The maximum absolute atomic E-state index is 14.2. The fraction of sp³-hybridized carbons (Fsp3) is 0.133. The second-order valence-electron chi connectivity index (χ2n) is 9.22. The standard InChI is InChI=1S/C30H24ClIN2O2/c1-30(19-22-10-6-7-11-25(22)20-8-4-3-5-9-20)29(36)33(2)27-17-14-23(31)18-26(27)28(34(30)32)21-12-15-24(35)16-13-21/h3-18,28H,2,19H2,1H3/p+1. The Morgan fingerprint density at radius 1 is 1.00 bits per heavy atom. The van der Waals surface area contributed by atoms with E-state index in [9.17, 15) is 9.90 Å². The van der Waals surface area contributed by atoms with Crippen molar-refractivity contribution in [2.75, 3.05) is 0 Å². The fourth-order valence-electron chi connectivity index (χ4n) is 4.95. The third kappa shape index (κ3) is 4.36. The summed E-state index contributed by atoms with van der Waals surface area (Å²) in [4.78, 5) is 14.2. The lowest BCUT2D eigenvalue weighted by molar-refractivity contribution is -0.365. The summed E-state index contributed by atoms with van der Waals surface area (Å²) in [7, 11) is 0. The van der Waals surface area contributed by atoms with E-state index in [2.05, 4.69) is 57.0 Å². The van der Waals surface area contributed by atoms with Gasteiger partial charge in [-0.15, -0.1) is 4.58 Å². The molecule has 36 heavy (non-hydrogen) atoms. The van der Waals surface area contributed by atoms with Gasteiger partial charge in [-0.1, -0.05) is 78.3 Å². The largest absolute Gasteiger partial charge is 0.508 e. The summed E-state index contributed by atoms with van der Waals surface area (Å²) in [5, 5.41) is 10.5. The molecule has 4 aromatic carbocycles. The number of carbonyl (C=O) groups excluding carboxylic acids is 1. The van der Waals surface area contributed by atoms with Crippen molar-refractivity contribution in [2.45, 2.75) is 24.9 Å². The van der Waals surface area contributed by atoms with Gasteiger partial charge in [-0.25, -0.2) is 7.91 Å². The molecule has 4 aromatic rings. The van der Waals surface area contributed by atoms with Crippen LogP contribution in [0.5, 0.6) is 5.75 Å². The molecular weight excluding hydrogens is 583 g/mol. The van der Waals surface area contributed by atoms with Gasteiger partial charge in [0.1, 0.15) is 12.5 Å². The lowest BCUT2D eigenvalue weighted by Gasteiger charge is -2.36. The molecule has 4 nitrogen and oxygen atoms in total. The van der Waals surface area contributed by atoms with Gasteiger partial charge in [0, 0.05) is 45.9 Å². The van der Waals surface area contributed by atoms with Crippen LogP contribution in [0, 0.1) is 0 Å². The van der Waals surface area contributed by atoms with Gasteiger partial charge in [-0.05, 0) is 53.4 Å². The highest BCUT2D eigenvalue weighted by atomic mass is 127. The van der Waals surface area contributed by atoms with Gasteiger partial charge in [-0.2, -0.15) is 0 Å². The normalized spacial score (nSPS) is 20.1. The van der Waals surface area contributed by atoms with Crippen LogP contribution in [0.2, 0.25) is 5.02 Å². The molecule has 0 fully saturated rings. The lowest BCUT2D eigenvalue weighted by Crippen LogP contribution is -2.52. The van der Waals surface area contributed by atoms with Crippen molar-refractivity contribution in [1.29, 1.82) is 0 Å². The van der Waals surface area contributed by atoms with E-state index < -0.39 is 5.54 Å². The molecule has 1 aliphatic heterocycles. The average Bonchev–Trinajstić information content (AvgIpc) is 2.94. The van der Waals surface area contributed by atoms with E-state index in [0.29, 0.717) is 17.1 Å². The average molecular weight is 608 g/mol. The highest BCUT2D eigenvalue weighted by molar-refractivity contribution is 14.1. The van der Waals surface area contributed by atoms with E-state index in [1.807, 2.05) is 61.5 Å². The first-order valence-electron chi connectivity index (χ1n) is 11.6. The quantitative estimate of drug-likeness (QED) is 0.150. The Bertz CT molecular complexity index is 1460. The number of halogens is 2. The number of nitrogens with zero attached hydrogens (tertiary/aromatic N) is 2. The molecule has 1 amide bonds. The van der Waals surface area contributed by atoms with Crippen LogP contribution in [0.3, 0.4) is 0 Å². The molecule has 0 saturated carbocycles. The molecule has 0 saturated heterocycles. The fourth-order valence-corrected chi connectivity index (χ4v) is 6.13. The van der Waals surface area contributed by atoms with E-state index in [1.54, 1.807) is 18.2 Å². The number of aromatic hydroxyl groups is 1. The van der Waals surface area contributed by atoms with Gasteiger partial charge in [0.15, 0.2) is 5.54 Å². The van der Waals surface area contributed by atoms with E-state index in [-0.39, 0.29) is 17.7 Å². The first-order chi connectivity index (χ1) is 17.3. The number of fused-ring (bicyclic) bond motifs is 1. The third-order valence-electron chi connectivity index (χ3n) is 6.82. The molecule has 5 rings (SSSR count). The van der Waals surface area contributed by atoms with Crippen LogP contribution >= 0.6 is 34.5 Å². The summed E-state index contributed by atoms with van der Waals surface area (Å²) in [5.74, 6) is 0.0812. The number of carbonyl (C=O) groups is 1. The SMILES string of the molecule is C=[N+]1C(=O)C(C)(Cc2ccccc2-c2ccccc2)N(I)C(c2ccc(O)cc2)c2cc(Cl)ccc21. The maximum Gasteiger partial charge on any atom is 0.413 e. The Balaban J connectivity index is 1.68. The van der Waals surface area contributed by atoms with Crippen LogP contribution in [0.25, 0.3) is 11.1 Å². The van der Waals surface area contributed by atoms with E-state index in [1.165, 1.54) is 4.58 Å². The summed E-state index contributed by atoms with van der Waals surface area (Å²) in [6, 6.07) is 30.8. The summed E-state index contributed by atoms with van der Waals surface area (Å²) in [6.07, 6.45) is 0.474. The summed E-state index contributed by atoms with van der Waals surface area (Å²) in [5.41, 5.74) is 4.86. The minimum atomic E-state index is -0.943. The van der Waals surface area contributed by atoms with Gasteiger partial charge in [0.2, 0.25) is 5.69 Å². The van der Waals surface area contributed by atoms with Gasteiger partial charge in [0.25, 0.3) is 0 Å². The van der Waals surface area contributed by atoms with Crippen molar-refractivity contribution >= 4 is 52.8 Å². The van der Waals surface area contributed by atoms with Crippen molar-refractivity contribution in [3.8, 4) is 16.9 Å². The van der Waals surface area contributed by atoms with Crippen LogP contribution in [-0.2, 0) is 11.2 Å². The van der Waals surface area contributed by atoms with Crippen molar-refractivity contribution in [1.82, 2.24) is 3.11 Å². The molecule has 180 valence electrons. The molecule has 0 bridgehead atoms.